The van der Waals surface area contributed by atoms with Crippen molar-refractivity contribution < 1.29 is 5.11 Å². The lowest BCUT2D eigenvalue weighted by molar-refractivity contribution is 0.133. The Hall–Kier alpha value is -0.120. The molecule has 1 heterocycles. The Balaban J connectivity index is 1.65. The van der Waals surface area contributed by atoms with Gasteiger partial charge in [-0.1, -0.05) is 12.8 Å². The van der Waals surface area contributed by atoms with Crippen LogP contribution >= 0.6 is 0 Å². The number of aliphatic hydroxyl groups excluding tert-OH is 1. The van der Waals surface area contributed by atoms with E-state index < -0.39 is 0 Å². The third kappa shape index (κ3) is 3.44. The highest BCUT2D eigenvalue weighted by Crippen LogP contribution is 2.25. The lowest BCUT2D eigenvalue weighted by atomic mass is 10.0. The highest BCUT2D eigenvalue weighted by atomic mass is 16.3. The van der Waals surface area contributed by atoms with Crippen molar-refractivity contribution in [3.8, 4) is 0 Å². The minimum Gasteiger partial charge on any atom is -0.392 e. The monoisotopic (exact) mass is 226 g/mol. The van der Waals surface area contributed by atoms with Crippen LogP contribution in [0.15, 0.2) is 0 Å². The molecule has 0 aromatic carbocycles. The normalized spacial score (nSPS) is 27.4. The Morgan fingerprint density at radius 1 is 1.19 bits per heavy atom. The number of piperidine rings is 1. The highest BCUT2D eigenvalue weighted by Gasteiger charge is 2.26. The topological polar surface area (TPSA) is 35.5 Å². The summed E-state index contributed by atoms with van der Waals surface area (Å²) in [5.41, 5.74) is 0. The minimum absolute atomic E-state index is 0.215. The van der Waals surface area contributed by atoms with Crippen LogP contribution in [0, 0.1) is 0 Å². The molecule has 1 saturated heterocycles. The number of hydrogen-bond acceptors (Lipinski definition) is 3. The van der Waals surface area contributed by atoms with E-state index in [1.54, 1.807) is 0 Å². The molecule has 2 aliphatic rings. The summed E-state index contributed by atoms with van der Waals surface area (Å²) in [7, 11) is 0. The molecule has 2 N–H and O–H groups in total. The van der Waals surface area contributed by atoms with Gasteiger partial charge >= 0.3 is 0 Å². The fourth-order valence-corrected chi connectivity index (χ4v) is 3.08. The third-order valence-corrected chi connectivity index (χ3v) is 4.07. The molecule has 1 atom stereocenters. The van der Waals surface area contributed by atoms with Crippen molar-refractivity contribution >= 4 is 0 Å². The van der Waals surface area contributed by atoms with Crippen LogP contribution in [0.5, 0.6) is 0 Å². The molecule has 0 amide bonds. The molecule has 0 spiro atoms. The van der Waals surface area contributed by atoms with Crippen molar-refractivity contribution in [2.24, 2.45) is 0 Å². The number of likely N-dealkylation sites (tertiary alicyclic amines) is 1. The first-order valence-electron chi connectivity index (χ1n) is 6.91. The molecule has 0 radical (unpaired) electrons. The second-order valence-corrected chi connectivity index (χ2v) is 5.51. The maximum absolute atomic E-state index is 9.23. The van der Waals surface area contributed by atoms with Gasteiger partial charge in [0.1, 0.15) is 0 Å². The predicted molar refractivity (Wildman–Crippen MR) is 66.5 cm³/mol. The first-order chi connectivity index (χ1) is 7.75. The van der Waals surface area contributed by atoms with E-state index in [0.29, 0.717) is 6.04 Å². The number of rotatable bonds is 4. The Kier molecular flexibility index (Phi) is 4.62. The van der Waals surface area contributed by atoms with Crippen LogP contribution in [-0.4, -0.2) is 47.8 Å². The number of nitrogens with zero attached hydrogens (tertiary/aromatic N) is 1. The molecule has 0 aromatic rings. The molecule has 2 fully saturated rings. The summed E-state index contributed by atoms with van der Waals surface area (Å²) in [4.78, 5) is 2.69. The van der Waals surface area contributed by atoms with Gasteiger partial charge in [-0.15, -0.1) is 0 Å². The first-order valence-corrected chi connectivity index (χ1v) is 6.91. The van der Waals surface area contributed by atoms with Gasteiger partial charge in [-0.05, 0) is 45.7 Å². The lowest BCUT2D eigenvalue weighted by Gasteiger charge is -2.36. The molecule has 94 valence electrons. The van der Waals surface area contributed by atoms with Gasteiger partial charge in [0.15, 0.2) is 0 Å². The first kappa shape index (κ1) is 12.3. The summed E-state index contributed by atoms with van der Waals surface area (Å²) in [5, 5.41) is 12.7. The minimum atomic E-state index is -0.215. The summed E-state index contributed by atoms with van der Waals surface area (Å²) in [6.45, 7) is 5.10. The zero-order valence-electron chi connectivity index (χ0n) is 10.5. The Labute approximate surface area is 99.2 Å². The molecule has 3 heteroatoms. The quantitative estimate of drug-likeness (QED) is 0.760. The summed E-state index contributed by atoms with van der Waals surface area (Å²) in [6, 6.07) is 1.52. The molecule has 1 aliphatic carbocycles. The molecule has 16 heavy (non-hydrogen) atoms. The zero-order chi connectivity index (χ0) is 11.4. The van der Waals surface area contributed by atoms with Crippen LogP contribution in [0.4, 0.5) is 0 Å². The molecule has 0 bridgehead atoms. The average molecular weight is 226 g/mol. The van der Waals surface area contributed by atoms with Gasteiger partial charge < -0.3 is 15.3 Å². The fourth-order valence-electron chi connectivity index (χ4n) is 3.08. The maximum atomic E-state index is 9.23. The molecular weight excluding hydrogens is 200 g/mol. The second kappa shape index (κ2) is 5.99. The Bertz CT molecular complexity index is 194. The second-order valence-electron chi connectivity index (χ2n) is 5.51. The standard InChI is InChI=1S/C13H26N2O/c1-11(16)10-14-12-6-8-15(9-7-12)13-4-2-3-5-13/h11-14,16H,2-10H2,1H3/t11-/m1/s1. The van der Waals surface area contributed by atoms with Gasteiger partial charge in [-0.3, -0.25) is 0 Å². The maximum Gasteiger partial charge on any atom is 0.0636 e. The van der Waals surface area contributed by atoms with Crippen LogP contribution in [0.1, 0.15) is 45.4 Å². The van der Waals surface area contributed by atoms with Gasteiger partial charge in [-0.25, -0.2) is 0 Å². The van der Waals surface area contributed by atoms with Crippen molar-refractivity contribution in [3.63, 3.8) is 0 Å². The highest BCUT2D eigenvalue weighted by molar-refractivity contribution is 4.84. The predicted octanol–water partition coefficient (Wildman–Crippen LogP) is 1.36. The Morgan fingerprint density at radius 3 is 2.38 bits per heavy atom. The van der Waals surface area contributed by atoms with Crippen LogP contribution in [0.3, 0.4) is 0 Å². The van der Waals surface area contributed by atoms with Crippen LogP contribution in [-0.2, 0) is 0 Å². The lowest BCUT2D eigenvalue weighted by Crippen LogP contribution is -2.47. The van der Waals surface area contributed by atoms with Crippen LogP contribution in [0.25, 0.3) is 0 Å². The number of aliphatic hydroxyl groups is 1. The van der Waals surface area contributed by atoms with E-state index in [1.807, 2.05) is 6.92 Å². The zero-order valence-corrected chi connectivity index (χ0v) is 10.5. The van der Waals surface area contributed by atoms with Crippen molar-refractivity contribution in [2.45, 2.75) is 63.6 Å². The molecule has 3 nitrogen and oxygen atoms in total. The van der Waals surface area contributed by atoms with Crippen LogP contribution < -0.4 is 5.32 Å². The van der Waals surface area contributed by atoms with Crippen molar-refractivity contribution in [2.75, 3.05) is 19.6 Å². The van der Waals surface area contributed by atoms with E-state index in [-0.39, 0.29) is 6.10 Å². The summed E-state index contributed by atoms with van der Waals surface area (Å²) in [5.74, 6) is 0. The van der Waals surface area contributed by atoms with Crippen LogP contribution in [0.2, 0.25) is 0 Å². The third-order valence-electron chi connectivity index (χ3n) is 4.07. The summed E-state index contributed by atoms with van der Waals surface area (Å²) in [6.07, 6.45) is 8.01. The van der Waals surface area contributed by atoms with Gasteiger partial charge in [0, 0.05) is 18.6 Å². The molecule has 0 aromatic heterocycles. The van der Waals surface area contributed by atoms with E-state index in [0.717, 1.165) is 12.6 Å². The van der Waals surface area contributed by atoms with Crippen molar-refractivity contribution in [3.05, 3.63) is 0 Å². The van der Waals surface area contributed by atoms with E-state index in [9.17, 15) is 5.11 Å². The summed E-state index contributed by atoms with van der Waals surface area (Å²) >= 11 is 0. The van der Waals surface area contributed by atoms with E-state index in [2.05, 4.69) is 10.2 Å². The number of nitrogens with one attached hydrogen (secondary N) is 1. The molecule has 0 unspecified atom stereocenters. The van der Waals surface area contributed by atoms with E-state index in [1.165, 1.54) is 51.6 Å². The van der Waals surface area contributed by atoms with E-state index >= 15 is 0 Å². The molecule has 1 aliphatic heterocycles. The van der Waals surface area contributed by atoms with Gasteiger partial charge in [0.2, 0.25) is 0 Å². The molecule has 2 rings (SSSR count). The van der Waals surface area contributed by atoms with Gasteiger partial charge in [0.05, 0.1) is 6.10 Å². The average Bonchev–Trinajstić information content (AvgIpc) is 2.80. The van der Waals surface area contributed by atoms with Gasteiger partial charge in [-0.2, -0.15) is 0 Å². The number of hydrogen-bond donors (Lipinski definition) is 2. The van der Waals surface area contributed by atoms with E-state index in [4.69, 9.17) is 0 Å². The largest absolute Gasteiger partial charge is 0.392 e. The van der Waals surface area contributed by atoms with Crippen molar-refractivity contribution in [1.29, 1.82) is 0 Å². The molecular formula is C13H26N2O. The Morgan fingerprint density at radius 2 is 1.81 bits per heavy atom. The SMILES string of the molecule is C[C@@H](O)CNC1CCN(C2CCCC2)CC1. The fraction of sp³-hybridized carbons (Fsp3) is 1.00. The molecule has 1 saturated carbocycles. The smallest absolute Gasteiger partial charge is 0.0636 e. The van der Waals surface area contributed by atoms with Crippen molar-refractivity contribution in [1.82, 2.24) is 10.2 Å². The van der Waals surface area contributed by atoms with Gasteiger partial charge in [0.25, 0.3) is 0 Å². The summed E-state index contributed by atoms with van der Waals surface area (Å²) < 4.78 is 0.